The van der Waals surface area contributed by atoms with Gasteiger partial charge in [0.25, 0.3) is 0 Å². The van der Waals surface area contributed by atoms with Gasteiger partial charge in [0.05, 0.1) is 0 Å². The molecular formula is C15H16N2OS. The zero-order valence-corrected chi connectivity index (χ0v) is 11.5. The number of benzene rings is 2. The van der Waals surface area contributed by atoms with Crippen LogP contribution in [0.1, 0.15) is 18.6 Å². The molecule has 0 aliphatic rings. The molecule has 3 N–H and O–H groups in total. The van der Waals surface area contributed by atoms with Crippen LogP contribution in [0, 0.1) is 0 Å². The fraction of sp³-hybridized carbons (Fsp3) is 0.133. The Balaban J connectivity index is 2.08. The van der Waals surface area contributed by atoms with E-state index in [0.717, 1.165) is 17.0 Å². The van der Waals surface area contributed by atoms with Crippen LogP contribution in [-0.4, -0.2) is 5.11 Å². The van der Waals surface area contributed by atoms with E-state index in [1.807, 2.05) is 61.5 Å². The van der Waals surface area contributed by atoms with Crippen LogP contribution in [0.2, 0.25) is 0 Å². The molecule has 0 amide bonds. The number of nitrogens with two attached hydrogens (primary N) is 1. The highest BCUT2D eigenvalue weighted by atomic mass is 32.1. The number of rotatable bonds is 4. The van der Waals surface area contributed by atoms with E-state index < -0.39 is 0 Å². The van der Waals surface area contributed by atoms with E-state index in [-0.39, 0.29) is 11.2 Å². The van der Waals surface area contributed by atoms with Gasteiger partial charge in [-0.3, -0.25) is 0 Å². The summed E-state index contributed by atoms with van der Waals surface area (Å²) in [5, 5.41) is 3.13. The molecule has 1 unspecified atom stereocenters. The number of thiocarbonyl (C=S) groups is 1. The average Bonchev–Trinajstić information content (AvgIpc) is 2.39. The number of nitrogens with one attached hydrogen (secondary N) is 1. The van der Waals surface area contributed by atoms with Gasteiger partial charge in [-0.25, -0.2) is 0 Å². The third kappa shape index (κ3) is 3.96. The molecule has 0 spiro atoms. The molecule has 0 saturated carbocycles. The molecule has 0 saturated heterocycles. The average molecular weight is 272 g/mol. The van der Waals surface area contributed by atoms with Crippen LogP contribution in [0.25, 0.3) is 0 Å². The SMILES string of the molecule is CC(Oc1cccc(NC(N)=S)c1)c1ccccc1. The summed E-state index contributed by atoms with van der Waals surface area (Å²) in [5.41, 5.74) is 7.41. The first-order valence-corrected chi connectivity index (χ1v) is 6.44. The summed E-state index contributed by atoms with van der Waals surface area (Å²) in [7, 11) is 0. The quantitative estimate of drug-likeness (QED) is 0.837. The molecule has 98 valence electrons. The topological polar surface area (TPSA) is 47.3 Å². The van der Waals surface area contributed by atoms with Crippen molar-refractivity contribution in [3.8, 4) is 5.75 Å². The first-order chi connectivity index (χ1) is 9.15. The third-order valence-electron chi connectivity index (χ3n) is 2.68. The Morgan fingerprint density at radius 2 is 1.89 bits per heavy atom. The van der Waals surface area contributed by atoms with Crippen LogP contribution < -0.4 is 15.8 Å². The summed E-state index contributed by atoms with van der Waals surface area (Å²) >= 11 is 4.81. The lowest BCUT2D eigenvalue weighted by Crippen LogP contribution is -2.18. The van der Waals surface area contributed by atoms with Crippen LogP contribution in [-0.2, 0) is 0 Å². The molecule has 0 bridgehead atoms. The fourth-order valence-corrected chi connectivity index (χ4v) is 1.90. The maximum Gasteiger partial charge on any atom is 0.168 e. The molecule has 19 heavy (non-hydrogen) atoms. The number of hydrogen-bond acceptors (Lipinski definition) is 2. The maximum absolute atomic E-state index is 5.90. The summed E-state index contributed by atoms with van der Waals surface area (Å²) < 4.78 is 5.90. The minimum Gasteiger partial charge on any atom is -0.486 e. The summed E-state index contributed by atoms with van der Waals surface area (Å²) in [5.74, 6) is 0.776. The molecule has 3 nitrogen and oxygen atoms in total. The Bertz CT molecular complexity index is 557. The van der Waals surface area contributed by atoms with Gasteiger partial charge in [-0.1, -0.05) is 36.4 Å². The third-order valence-corrected chi connectivity index (χ3v) is 2.79. The first kappa shape index (κ1) is 13.4. The molecule has 0 fully saturated rings. The van der Waals surface area contributed by atoms with Gasteiger partial charge in [0.15, 0.2) is 5.11 Å². The van der Waals surface area contributed by atoms with Gasteiger partial charge >= 0.3 is 0 Å². The Morgan fingerprint density at radius 1 is 1.16 bits per heavy atom. The van der Waals surface area contributed by atoms with Gasteiger partial charge in [-0.05, 0) is 36.8 Å². The van der Waals surface area contributed by atoms with Crippen LogP contribution >= 0.6 is 12.2 Å². The first-order valence-electron chi connectivity index (χ1n) is 6.03. The highest BCUT2D eigenvalue weighted by Crippen LogP contribution is 2.24. The molecule has 2 aromatic rings. The second-order valence-corrected chi connectivity index (χ2v) is 4.63. The zero-order chi connectivity index (χ0) is 13.7. The summed E-state index contributed by atoms with van der Waals surface area (Å²) in [4.78, 5) is 0. The lowest BCUT2D eigenvalue weighted by atomic mass is 10.1. The summed E-state index contributed by atoms with van der Waals surface area (Å²) in [6.45, 7) is 2.02. The van der Waals surface area contributed by atoms with Gasteiger partial charge in [-0.2, -0.15) is 0 Å². The van der Waals surface area contributed by atoms with Crippen molar-refractivity contribution in [2.24, 2.45) is 5.73 Å². The minimum absolute atomic E-state index is 0.0127. The van der Waals surface area contributed by atoms with Crippen LogP contribution in [0.15, 0.2) is 54.6 Å². The van der Waals surface area contributed by atoms with Crippen molar-refractivity contribution in [1.29, 1.82) is 0 Å². The van der Waals surface area contributed by atoms with Crippen molar-refractivity contribution in [1.82, 2.24) is 0 Å². The summed E-state index contributed by atoms with van der Waals surface area (Å²) in [6.07, 6.45) is -0.0127. The Labute approximate surface area is 118 Å². The molecule has 0 aliphatic carbocycles. The number of ether oxygens (including phenoxy) is 1. The van der Waals surface area contributed by atoms with Crippen LogP contribution in [0.4, 0.5) is 5.69 Å². The molecule has 0 radical (unpaired) electrons. The van der Waals surface area contributed by atoms with E-state index in [1.165, 1.54) is 0 Å². The van der Waals surface area contributed by atoms with Crippen molar-refractivity contribution >= 4 is 23.0 Å². The van der Waals surface area contributed by atoms with Gasteiger partial charge < -0.3 is 15.8 Å². The molecule has 2 aromatic carbocycles. The van der Waals surface area contributed by atoms with Crippen LogP contribution in [0.5, 0.6) is 5.75 Å². The number of hydrogen-bond donors (Lipinski definition) is 2. The second-order valence-electron chi connectivity index (χ2n) is 4.19. The normalized spacial score (nSPS) is 11.6. The largest absolute Gasteiger partial charge is 0.486 e. The molecule has 1 atom stereocenters. The van der Waals surface area contributed by atoms with Crippen molar-refractivity contribution in [3.63, 3.8) is 0 Å². The van der Waals surface area contributed by atoms with Crippen molar-refractivity contribution in [3.05, 3.63) is 60.2 Å². The molecule has 2 rings (SSSR count). The minimum atomic E-state index is -0.0127. The van der Waals surface area contributed by atoms with Crippen molar-refractivity contribution < 1.29 is 4.74 Å². The van der Waals surface area contributed by atoms with Gasteiger partial charge in [0.1, 0.15) is 11.9 Å². The Hall–Kier alpha value is -2.07. The second kappa shape index (κ2) is 6.20. The van der Waals surface area contributed by atoms with Gasteiger partial charge in [-0.15, -0.1) is 0 Å². The van der Waals surface area contributed by atoms with E-state index in [0.29, 0.717) is 0 Å². The lowest BCUT2D eigenvalue weighted by molar-refractivity contribution is 0.227. The van der Waals surface area contributed by atoms with Crippen molar-refractivity contribution in [2.45, 2.75) is 13.0 Å². The molecular weight excluding hydrogens is 256 g/mol. The molecule has 0 aliphatic heterocycles. The van der Waals surface area contributed by atoms with Gasteiger partial charge in [0, 0.05) is 11.8 Å². The lowest BCUT2D eigenvalue weighted by Gasteiger charge is -2.15. The Morgan fingerprint density at radius 3 is 2.58 bits per heavy atom. The maximum atomic E-state index is 5.90. The predicted molar refractivity (Wildman–Crippen MR) is 82.3 cm³/mol. The van der Waals surface area contributed by atoms with E-state index in [4.69, 9.17) is 22.7 Å². The standard InChI is InChI=1S/C15H16N2OS/c1-11(12-6-3-2-4-7-12)18-14-9-5-8-13(10-14)17-15(16)19/h2-11H,1H3,(H3,16,17,19). The molecule has 4 heteroatoms. The highest BCUT2D eigenvalue weighted by molar-refractivity contribution is 7.80. The van der Waals surface area contributed by atoms with Crippen molar-refractivity contribution in [2.75, 3.05) is 5.32 Å². The fourth-order valence-electron chi connectivity index (χ4n) is 1.79. The van der Waals surface area contributed by atoms with E-state index in [1.54, 1.807) is 0 Å². The van der Waals surface area contributed by atoms with Crippen LogP contribution in [0.3, 0.4) is 0 Å². The Kier molecular flexibility index (Phi) is 4.36. The predicted octanol–water partition coefficient (Wildman–Crippen LogP) is 3.48. The number of anilines is 1. The molecule has 0 aromatic heterocycles. The monoisotopic (exact) mass is 272 g/mol. The van der Waals surface area contributed by atoms with E-state index in [9.17, 15) is 0 Å². The zero-order valence-electron chi connectivity index (χ0n) is 10.7. The highest BCUT2D eigenvalue weighted by Gasteiger charge is 2.06. The van der Waals surface area contributed by atoms with Gasteiger partial charge in [0.2, 0.25) is 0 Å². The van der Waals surface area contributed by atoms with E-state index >= 15 is 0 Å². The van der Waals surface area contributed by atoms with E-state index in [2.05, 4.69) is 5.32 Å². The smallest absolute Gasteiger partial charge is 0.168 e. The summed E-state index contributed by atoms with van der Waals surface area (Å²) in [6, 6.07) is 17.6. The molecule has 0 heterocycles.